The van der Waals surface area contributed by atoms with E-state index in [9.17, 15) is 10.1 Å². The first-order valence-electron chi connectivity index (χ1n) is 5.55. The molecular formula is C12H16N2O2. The normalized spacial score (nSPS) is 17.9. The monoisotopic (exact) mass is 220 g/mol. The van der Waals surface area contributed by atoms with Crippen molar-refractivity contribution in [3.63, 3.8) is 0 Å². The number of benzene rings is 1. The van der Waals surface area contributed by atoms with Gasteiger partial charge in [0.1, 0.15) is 0 Å². The van der Waals surface area contributed by atoms with Gasteiger partial charge in [-0.1, -0.05) is 12.5 Å². The van der Waals surface area contributed by atoms with Crippen LogP contribution < -0.4 is 5.73 Å². The molecule has 1 fully saturated rings. The van der Waals surface area contributed by atoms with Gasteiger partial charge in [-0.2, -0.15) is 0 Å². The third-order valence-corrected chi connectivity index (χ3v) is 3.71. The van der Waals surface area contributed by atoms with Gasteiger partial charge in [-0.05, 0) is 31.4 Å². The van der Waals surface area contributed by atoms with Crippen molar-refractivity contribution in [3.8, 4) is 0 Å². The third-order valence-electron chi connectivity index (χ3n) is 3.71. The fourth-order valence-electron chi connectivity index (χ4n) is 2.40. The Labute approximate surface area is 94.6 Å². The molecule has 0 bridgehead atoms. The van der Waals surface area contributed by atoms with Crippen LogP contribution in [0, 0.1) is 17.0 Å². The highest BCUT2D eigenvalue weighted by atomic mass is 16.6. The molecule has 0 radical (unpaired) electrons. The van der Waals surface area contributed by atoms with Gasteiger partial charge in [0, 0.05) is 23.6 Å². The fraction of sp³-hybridized carbons (Fsp3) is 0.500. The van der Waals surface area contributed by atoms with Crippen molar-refractivity contribution in [3.05, 3.63) is 39.4 Å². The van der Waals surface area contributed by atoms with E-state index in [2.05, 4.69) is 0 Å². The lowest BCUT2D eigenvalue weighted by atomic mass is 9.64. The summed E-state index contributed by atoms with van der Waals surface area (Å²) in [5.74, 6) is 0. The molecule has 4 nitrogen and oxygen atoms in total. The van der Waals surface area contributed by atoms with Crippen molar-refractivity contribution in [2.24, 2.45) is 5.73 Å². The van der Waals surface area contributed by atoms with Crippen LogP contribution in [0.15, 0.2) is 18.2 Å². The van der Waals surface area contributed by atoms with Gasteiger partial charge in [0.2, 0.25) is 0 Å². The first-order chi connectivity index (χ1) is 7.59. The third kappa shape index (κ3) is 1.59. The second-order valence-corrected chi connectivity index (χ2v) is 4.60. The standard InChI is InChI=1S/C12H16N2O2/c1-9-7-10(3-4-11(9)14(15)16)12(8-13)5-2-6-12/h3-4,7H,2,5-6,8,13H2,1H3. The molecule has 1 aromatic rings. The van der Waals surface area contributed by atoms with Crippen molar-refractivity contribution in [2.45, 2.75) is 31.6 Å². The van der Waals surface area contributed by atoms with E-state index in [0.29, 0.717) is 6.54 Å². The van der Waals surface area contributed by atoms with Gasteiger partial charge in [0.05, 0.1) is 4.92 Å². The minimum atomic E-state index is -0.338. The van der Waals surface area contributed by atoms with E-state index >= 15 is 0 Å². The van der Waals surface area contributed by atoms with Gasteiger partial charge < -0.3 is 5.73 Å². The van der Waals surface area contributed by atoms with Crippen LogP contribution in [0.3, 0.4) is 0 Å². The van der Waals surface area contributed by atoms with E-state index < -0.39 is 0 Å². The molecular weight excluding hydrogens is 204 g/mol. The highest BCUT2D eigenvalue weighted by molar-refractivity contribution is 5.44. The van der Waals surface area contributed by atoms with Crippen molar-refractivity contribution < 1.29 is 4.92 Å². The second kappa shape index (κ2) is 3.87. The summed E-state index contributed by atoms with van der Waals surface area (Å²) in [5.41, 5.74) is 7.97. The maximum absolute atomic E-state index is 10.7. The van der Waals surface area contributed by atoms with Crippen molar-refractivity contribution in [1.29, 1.82) is 0 Å². The Kier molecular flexibility index (Phi) is 2.68. The molecule has 2 N–H and O–H groups in total. The highest BCUT2D eigenvalue weighted by Crippen LogP contribution is 2.43. The average molecular weight is 220 g/mol. The van der Waals surface area contributed by atoms with Crippen LogP contribution in [0.5, 0.6) is 0 Å². The molecule has 2 rings (SSSR count). The summed E-state index contributed by atoms with van der Waals surface area (Å²) in [6.45, 7) is 2.41. The van der Waals surface area contributed by atoms with Crippen LogP contribution in [0.4, 0.5) is 5.69 Å². The smallest absolute Gasteiger partial charge is 0.272 e. The second-order valence-electron chi connectivity index (χ2n) is 4.60. The van der Waals surface area contributed by atoms with Crippen molar-refractivity contribution in [2.75, 3.05) is 6.54 Å². The summed E-state index contributed by atoms with van der Waals surface area (Å²) in [7, 11) is 0. The molecule has 1 aliphatic carbocycles. The van der Waals surface area contributed by atoms with Crippen molar-refractivity contribution in [1.82, 2.24) is 0 Å². The molecule has 0 aromatic heterocycles. The van der Waals surface area contributed by atoms with Gasteiger partial charge in [0.25, 0.3) is 5.69 Å². The lowest BCUT2D eigenvalue weighted by Crippen LogP contribution is -2.41. The molecule has 0 heterocycles. The Bertz CT molecular complexity index is 420. The number of hydrogen-bond donors (Lipinski definition) is 1. The lowest BCUT2D eigenvalue weighted by Gasteiger charge is -2.41. The zero-order valence-electron chi connectivity index (χ0n) is 9.40. The summed E-state index contributed by atoms with van der Waals surface area (Å²) < 4.78 is 0. The molecule has 0 saturated heterocycles. The Morgan fingerprint density at radius 2 is 2.19 bits per heavy atom. The van der Waals surface area contributed by atoms with E-state index in [1.165, 1.54) is 6.42 Å². The molecule has 0 amide bonds. The SMILES string of the molecule is Cc1cc(C2(CN)CCC2)ccc1[N+](=O)[O-]. The van der Waals surface area contributed by atoms with E-state index in [0.717, 1.165) is 24.0 Å². The molecule has 0 unspecified atom stereocenters. The quantitative estimate of drug-likeness (QED) is 0.627. The molecule has 0 atom stereocenters. The maximum Gasteiger partial charge on any atom is 0.272 e. The van der Waals surface area contributed by atoms with Crippen LogP contribution >= 0.6 is 0 Å². The summed E-state index contributed by atoms with van der Waals surface area (Å²) >= 11 is 0. The van der Waals surface area contributed by atoms with E-state index in [4.69, 9.17) is 5.73 Å². The minimum absolute atomic E-state index is 0.0832. The van der Waals surface area contributed by atoms with Gasteiger partial charge in [0.15, 0.2) is 0 Å². The van der Waals surface area contributed by atoms with Gasteiger partial charge in [-0.3, -0.25) is 10.1 Å². The predicted octanol–water partition coefficient (Wildman–Crippen LogP) is 2.28. The molecule has 0 aliphatic heterocycles. The largest absolute Gasteiger partial charge is 0.330 e. The van der Waals surface area contributed by atoms with Gasteiger partial charge >= 0.3 is 0 Å². The summed E-state index contributed by atoms with van der Waals surface area (Å²) in [6.07, 6.45) is 3.40. The first-order valence-corrected chi connectivity index (χ1v) is 5.55. The van der Waals surface area contributed by atoms with Crippen LogP contribution in [0.1, 0.15) is 30.4 Å². The van der Waals surface area contributed by atoms with E-state index in [-0.39, 0.29) is 16.0 Å². The molecule has 1 aliphatic rings. The van der Waals surface area contributed by atoms with E-state index in [1.807, 2.05) is 12.1 Å². The Morgan fingerprint density at radius 1 is 1.50 bits per heavy atom. The van der Waals surface area contributed by atoms with Crippen LogP contribution in [0.2, 0.25) is 0 Å². The molecule has 1 saturated carbocycles. The number of nitro benzene ring substituents is 1. The number of nitrogens with two attached hydrogens (primary N) is 1. The molecule has 4 heteroatoms. The Hall–Kier alpha value is -1.42. The van der Waals surface area contributed by atoms with Crippen LogP contribution in [0.25, 0.3) is 0 Å². The fourth-order valence-corrected chi connectivity index (χ4v) is 2.40. The molecule has 86 valence electrons. The van der Waals surface area contributed by atoms with Crippen molar-refractivity contribution >= 4 is 5.69 Å². The van der Waals surface area contributed by atoms with Gasteiger partial charge in [-0.15, -0.1) is 0 Å². The zero-order valence-corrected chi connectivity index (χ0v) is 9.40. The number of nitrogens with zero attached hydrogens (tertiary/aromatic N) is 1. The predicted molar refractivity (Wildman–Crippen MR) is 62.4 cm³/mol. The maximum atomic E-state index is 10.7. The number of rotatable bonds is 3. The van der Waals surface area contributed by atoms with Gasteiger partial charge in [-0.25, -0.2) is 0 Å². The number of hydrogen-bond acceptors (Lipinski definition) is 3. The Morgan fingerprint density at radius 3 is 2.56 bits per heavy atom. The van der Waals surface area contributed by atoms with E-state index in [1.54, 1.807) is 13.0 Å². The topological polar surface area (TPSA) is 69.2 Å². The average Bonchev–Trinajstić information content (AvgIpc) is 2.16. The molecule has 1 aromatic carbocycles. The lowest BCUT2D eigenvalue weighted by molar-refractivity contribution is -0.385. The molecule has 16 heavy (non-hydrogen) atoms. The molecule has 0 spiro atoms. The first kappa shape index (κ1) is 11.1. The highest BCUT2D eigenvalue weighted by Gasteiger charge is 2.37. The van der Waals surface area contributed by atoms with Crippen LogP contribution in [-0.2, 0) is 5.41 Å². The minimum Gasteiger partial charge on any atom is -0.330 e. The zero-order chi connectivity index (χ0) is 11.8. The summed E-state index contributed by atoms with van der Waals surface area (Å²) in [5, 5.41) is 10.7. The summed E-state index contributed by atoms with van der Waals surface area (Å²) in [6, 6.07) is 5.38. The van der Waals surface area contributed by atoms with Crippen LogP contribution in [-0.4, -0.2) is 11.5 Å². The Balaban J connectivity index is 2.37. The number of nitro groups is 1. The summed E-state index contributed by atoms with van der Waals surface area (Å²) in [4.78, 5) is 10.4. The number of aryl methyl sites for hydroxylation is 1.